The molecule has 17 heavy (non-hydrogen) atoms. The van der Waals surface area contributed by atoms with Crippen LogP contribution in [-0.4, -0.2) is 27.6 Å². The molecule has 0 saturated heterocycles. The van der Waals surface area contributed by atoms with Crippen LogP contribution in [0, 0.1) is 6.92 Å². The molecule has 0 bridgehead atoms. The number of hydrogen-bond donors (Lipinski definition) is 4. The van der Waals surface area contributed by atoms with Gasteiger partial charge < -0.3 is 21.3 Å². The van der Waals surface area contributed by atoms with Gasteiger partial charge in [-0.1, -0.05) is 18.7 Å². The fourth-order valence-corrected chi connectivity index (χ4v) is 2.12. The van der Waals surface area contributed by atoms with E-state index >= 15 is 0 Å². The van der Waals surface area contributed by atoms with E-state index in [4.69, 9.17) is 5.73 Å². The largest absolute Gasteiger partial charge is 0.399 e. The molecule has 0 radical (unpaired) electrons. The van der Waals surface area contributed by atoms with Crippen molar-refractivity contribution in [3.63, 3.8) is 0 Å². The van der Waals surface area contributed by atoms with Crippen molar-refractivity contribution in [1.29, 1.82) is 0 Å². The number of aryl methyl sites for hydroxylation is 1. The lowest BCUT2D eigenvalue weighted by atomic mass is 10.2. The summed E-state index contributed by atoms with van der Waals surface area (Å²) in [6, 6.07) is 5.68. The molecule has 0 atom stereocenters. The average molecular weight is 256 g/mol. The summed E-state index contributed by atoms with van der Waals surface area (Å²) < 4.78 is 0. The second-order valence-corrected chi connectivity index (χ2v) is 5.30. The SMILES string of the molecule is CCC(O)(O)SCCNc1ccc(N)cc1C. The third kappa shape index (κ3) is 4.85. The molecule has 0 aliphatic heterocycles. The van der Waals surface area contributed by atoms with Crippen LogP contribution in [-0.2, 0) is 0 Å². The van der Waals surface area contributed by atoms with Gasteiger partial charge in [-0.25, -0.2) is 0 Å². The molecule has 1 aromatic carbocycles. The highest BCUT2D eigenvalue weighted by molar-refractivity contribution is 8.00. The Labute approximate surface area is 106 Å². The smallest absolute Gasteiger partial charge is 0.212 e. The minimum Gasteiger partial charge on any atom is -0.399 e. The minimum atomic E-state index is -1.61. The molecule has 96 valence electrons. The summed E-state index contributed by atoms with van der Waals surface area (Å²) in [4.78, 5) is 0. The summed E-state index contributed by atoms with van der Waals surface area (Å²) in [5.41, 5.74) is 8.52. The second-order valence-electron chi connectivity index (χ2n) is 3.95. The van der Waals surface area contributed by atoms with Gasteiger partial charge in [0.15, 0.2) is 0 Å². The summed E-state index contributed by atoms with van der Waals surface area (Å²) in [5, 5.41) is 20.4. The second kappa shape index (κ2) is 6.14. The Morgan fingerprint density at radius 3 is 2.71 bits per heavy atom. The number of thioether (sulfide) groups is 1. The Morgan fingerprint density at radius 2 is 2.12 bits per heavy atom. The number of nitrogen functional groups attached to an aromatic ring is 1. The fourth-order valence-electron chi connectivity index (χ4n) is 1.39. The maximum Gasteiger partial charge on any atom is 0.212 e. The van der Waals surface area contributed by atoms with Crippen molar-refractivity contribution >= 4 is 23.1 Å². The van der Waals surface area contributed by atoms with Gasteiger partial charge in [-0.3, -0.25) is 0 Å². The minimum absolute atomic E-state index is 0.318. The molecule has 0 aliphatic rings. The van der Waals surface area contributed by atoms with E-state index in [1.54, 1.807) is 6.92 Å². The molecular formula is C12H20N2O2S. The lowest BCUT2D eigenvalue weighted by Gasteiger charge is -2.19. The van der Waals surface area contributed by atoms with Gasteiger partial charge in [0, 0.05) is 30.1 Å². The number of rotatable bonds is 6. The standard InChI is InChI=1S/C12H20N2O2S/c1-3-12(15,16)17-7-6-14-11-5-4-10(13)8-9(11)2/h4-5,8,14-16H,3,6-7,13H2,1-2H3. The molecule has 5 heteroatoms. The maximum absolute atomic E-state index is 9.39. The molecule has 0 unspecified atom stereocenters. The predicted molar refractivity (Wildman–Crippen MR) is 74.0 cm³/mol. The van der Waals surface area contributed by atoms with Crippen molar-refractivity contribution in [3.05, 3.63) is 23.8 Å². The van der Waals surface area contributed by atoms with E-state index in [0.29, 0.717) is 18.7 Å². The molecule has 4 nitrogen and oxygen atoms in total. The van der Waals surface area contributed by atoms with E-state index in [2.05, 4.69) is 5.32 Å². The molecule has 0 amide bonds. The van der Waals surface area contributed by atoms with Crippen molar-refractivity contribution in [3.8, 4) is 0 Å². The molecule has 0 saturated carbocycles. The predicted octanol–water partition coefficient (Wildman–Crippen LogP) is 1.77. The first-order chi connectivity index (χ1) is 7.94. The van der Waals surface area contributed by atoms with E-state index in [9.17, 15) is 10.2 Å². The quantitative estimate of drug-likeness (QED) is 0.354. The summed E-state index contributed by atoms with van der Waals surface area (Å²) in [7, 11) is 0. The zero-order valence-electron chi connectivity index (χ0n) is 10.2. The molecule has 0 fully saturated rings. The van der Waals surface area contributed by atoms with Crippen molar-refractivity contribution < 1.29 is 10.2 Å². The van der Waals surface area contributed by atoms with Crippen LogP contribution < -0.4 is 11.1 Å². The first kappa shape index (κ1) is 14.2. The van der Waals surface area contributed by atoms with Crippen LogP contribution in [0.5, 0.6) is 0 Å². The Kier molecular flexibility index (Phi) is 5.11. The van der Waals surface area contributed by atoms with E-state index in [1.165, 1.54) is 0 Å². The highest BCUT2D eigenvalue weighted by Crippen LogP contribution is 2.22. The molecular weight excluding hydrogens is 236 g/mol. The topological polar surface area (TPSA) is 78.5 Å². The number of nitrogens with two attached hydrogens (primary N) is 1. The molecule has 0 aromatic heterocycles. The first-order valence-electron chi connectivity index (χ1n) is 5.63. The van der Waals surface area contributed by atoms with Crippen LogP contribution in [0.25, 0.3) is 0 Å². The van der Waals surface area contributed by atoms with Crippen LogP contribution >= 0.6 is 11.8 Å². The first-order valence-corrected chi connectivity index (χ1v) is 6.62. The van der Waals surface area contributed by atoms with Gasteiger partial charge >= 0.3 is 0 Å². The van der Waals surface area contributed by atoms with E-state index < -0.39 is 5.12 Å². The summed E-state index contributed by atoms with van der Waals surface area (Å²) >= 11 is 1.13. The average Bonchev–Trinajstić information content (AvgIpc) is 2.27. The van der Waals surface area contributed by atoms with Crippen LogP contribution in [0.1, 0.15) is 18.9 Å². The van der Waals surface area contributed by atoms with Gasteiger partial charge in [0.2, 0.25) is 5.12 Å². The van der Waals surface area contributed by atoms with Gasteiger partial charge in [0.05, 0.1) is 0 Å². The van der Waals surface area contributed by atoms with E-state index in [-0.39, 0.29) is 0 Å². The highest BCUT2D eigenvalue weighted by Gasteiger charge is 2.19. The fraction of sp³-hybridized carbons (Fsp3) is 0.500. The summed E-state index contributed by atoms with van der Waals surface area (Å²) in [5.74, 6) is 0.630. The highest BCUT2D eigenvalue weighted by atomic mass is 32.2. The maximum atomic E-state index is 9.39. The number of nitrogens with one attached hydrogen (secondary N) is 1. The Bertz CT molecular complexity index is 370. The lowest BCUT2D eigenvalue weighted by molar-refractivity contribution is -0.0774. The summed E-state index contributed by atoms with van der Waals surface area (Å²) in [6.07, 6.45) is 0.318. The molecule has 1 rings (SSSR count). The monoisotopic (exact) mass is 256 g/mol. The van der Waals surface area contributed by atoms with Crippen molar-refractivity contribution in [1.82, 2.24) is 0 Å². The van der Waals surface area contributed by atoms with Gasteiger partial charge in [-0.05, 0) is 30.7 Å². The van der Waals surface area contributed by atoms with E-state index in [0.717, 1.165) is 28.7 Å². The third-order valence-corrected chi connectivity index (χ3v) is 3.62. The van der Waals surface area contributed by atoms with Gasteiger partial charge in [-0.15, -0.1) is 0 Å². The normalized spacial score (nSPS) is 11.5. The number of hydrogen-bond acceptors (Lipinski definition) is 5. The number of benzene rings is 1. The molecule has 1 aromatic rings. The molecule has 0 heterocycles. The van der Waals surface area contributed by atoms with Crippen LogP contribution in [0.2, 0.25) is 0 Å². The number of aliphatic hydroxyl groups is 2. The third-order valence-electron chi connectivity index (χ3n) is 2.46. The van der Waals surface area contributed by atoms with Crippen LogP contribution in [0.4, 0.5) is 11.4 Å². The Balaban J connectivity index is 2.36. The molecule has 5 N–H and O–H groups in total. The van der Waals surface area contributed by atoms with E-state index in [1.807, 2.05) is 25.1 Å². The summed E-state index contributed by atoms with van der Waals surface area (Å²) in [6.45, 7) is 4.41. The van der Waals surface area contributed by atoms with Crippen molar-refractivity contribution in [2.45, 2.75) is 25.4 Å². The Morgan fingerprint density at radius 1 is 1.41 bits per heavy atom. The molecule has 0 spiro atoms. The van der Waals surface area contributed by atoms with Crippen molar-refractivity contribution in [2.75, 3.05) is 23.3 Å². The van der Waals surface area contributed by atoms with Crippen LogP contribution in [0.3, 0.4) is 0 Å². The van der Waals surface area contributed by atoms with Gasteiger partial charge in [-0.2, -0.15) is 0 Å². The van der Waals surface area contributed by atoms with Gasteiger partial charge in [0.1, 0.15) is 0 Å². The zero-order chi connectivity index (χ0) is 12.9. The van der Waals surface area contributed by atoms with Crippen LogP contribution in [0.15, 0.2) is 18.2 Å². The van der Waals surface area contributed by atoms with Crippen molar-refractivity contribution in [2.24, 2.45) is 0 Å². The number of anilines is 2. The Hall–Kier alpha value is -0.910. The van der Waals surface area contributed by atoms with Gasteiger partial charge in [0.25, 0.3) is 0 Å². The molecule has 0 aliphatic carbocycles. The zero-order valence-corrected chi connectivity index (χ0v) is 11.0. The lowest BCUT2D eigenvalue weighted by Crippen LogP contribution is -2.23.